The molecule has 0 aliphatic heterocycles. The molecule has 0 amide bonds. The zero-order valence-corrected chi connectivity index (χ0v) is 10.6. The second-order valence-corrected chi connectivity index (χ2v) is 5.60. The number of aliphatic hydroxyl groups is 1. The van der Waals surface area contributed by atoms with Crippen molar-refractivity contribution in [3.05, 3.63) is 18.3 Å². The molecule has 17 heavy (non-hydrogen) atoms. The molecule has 7 heteroatoms. The fourth-order valence-corrected chi connectivity index (χ4v) is 2.09. The summed E-state index contributed by atoms with van der Waals surface area (Å²) >= 11 is 0. The van der Waals surface area contributed by atoms with E-state index in [2.05, 4.69) is 10.3 Å². The van der Waals surface area contributed by atoms with Crippen molar-refractivity contribution in [3.8, 4) is 0 Å². The SMILES string of the molecule is COCC(O)CNc1ncccc1S(C)(=O)=O. The molecule has 1 aromatic heterocycles. The zero-order valence-electron chi connectivity index (χ0n) is 9.75. The van der Waals surface area contributed by atoms with Gasteiger partial charge in [0.05, 0.1) is 12.7 Å². The molecule has 0 saturated carbocycles. The highest BCUT2D eigenvalue weighted by Crippen LogP contribution is 2.17. The lowest BCUT2D eigenvalue weighted by atomic mass is 10.3. The van der Waals surface area contributed by atoms with Gasteiger partial charge in [0.25, 0.3) is 0 Å². The van der Waals surface area contributed by atoms with Crippen molar-refractivity contribution in [2.24, 2.45) is 0 Å². The number of nitrogens with zero attached hydrogens (tertiary/aromatic N) is 1. The number of pyridine rings is 1. The van der Waals surface area contributed by atoms with Crippen molar-refractivity contribution in [2.45, 2.75) is 11.0 Å². The van der Waals surface area contributed by atoms with E-state index in [-0.39, 0.29) is 23.9 Å². The van der Waals surface area contributed by atoms with E-state index in [1.54, 1.807) is 6.07 Å². The molecule has 0 fully saturated rings. The van der Waals surface area contributed by atoms with Gasteiger partial charge in [-0.25, -0.2) is 13.4 Å². The second-order valence-electron chi connectivity index (χ2n) is 3.61. The maximum Gasteiger partial charge on any atom is 0.179 e. The number of methoxy groups -OCH3 is 1. The maximum absolute atomic E-state index is 11.5. The predicted octanol–water partition coefficient (Wildman–Crippen LogP) is -0.0957. The van der Waals surface area contributed by atoms with Crippen LogP contribution in [0.3, 0.4) is 0 Å². The van der Waals surface area contributed by atoms with E-state index in [1.165, 1.54) is 19.4 Å². The molecule has 0 spiro atoms. The predicted molar refractivity (Wildman–Crippen MR) is 63.7 cm³/mol. The fourth-order valence-electron chi connectivity index (χ4n) is 1.29. The molecule has 96 valence electrons. The molecule has 0 aliphatic rings. The number of aromatic nitrogens is 1. The third-order valence-electron chi connectivity index (χ3n) is 2.03. The highest BCUT2D eigenvalue weighted by molar-refractivity contribution is 7.90. The molecule has 0 aromatic carbocycles. The lowest BCUT2D eigenvalue weighted by Gasteiger charge is -2.13. The third kappa shape index (κ3) is 4.29. The molecule has 6 nitrogen and oxygen atoms in total. The van der Waals surface area contributed by atoms with Crippen molar-refractivity contribution in [1.29, 1.82) is 0 Å². The second kappa shape index (κ2) is 5.95. The number of anilines is 1. The van der Waals surface area contributed by atoms with Gasteiger partial charge < -0.3 is 15.2 Å². The number of hydrogen-bond acceptors (Lipinski definition) is 6. The molecule has 1 rings (SSSR count). The van der Waals surface area contributed by atoms with Gasteiger partial charge in [0.1, 0.15) is 10.7 Å². The Morgan fingerprint density at radius 3 is 2.88 bits per heavy atom. The smallest absolute Gasteiger partial charge is 0.179 e. The molecule has 0 bridgehead atoms. The average molecular weight is 260 g/mol. The lowest BCUT2D eigenvalue weighted by Crippen LogP contribution is -2.25. The van der Waals surface area contributed by atoms with E-state index in [4.69, 9.17) is 4.74 Å². The third-order valence-corrected chi connectivity index (χ3v) is 3.16. The summed E-state index contributed by atoms with van der Waals surface area (Å²) in [7, 11) is -1.85. The van der Waals surface area contributed by atoms with Crippen LogP contribution in [0.2, 0.25) is 0 Å². The highest BCUT2D eigenvalue weighted by Gasteiger charge is 2.14. The van der Waals surface area contributed by atoms with E-state index in [1.807, 2.05) is 0 Å². The van der Waals surface area contributed by atoms with Gasteiger partial charge in [0.15, 0.2) is 9.84 Å². The van der Waals surface area contributed by atoms with Gasteiger partial charge in [-0.1, -0.05) is 0 Å². The van der Waals surface area contributed by atoms with Crippen molar-refractivity contribution < 1.29 is 18.3 Å². The molecular weight excluding hydrogens is 244 g/mol. The minimum absolute atomic E-state index is 0.115. The number of rotatable bonds is 6. The van der Waals surface area contributed by atoms with E-state index in [0.29, 0.717) is 0 Å². The van der Waals surface area contributed by atoms with Crippen molar-refractivity contribution >= 4 is 15.7 Å². The van der Waals surface area contributed by atoms with Crippen molar-refractivity contribution in [1.82, 2.24) is 4.98 Å². The summed E-state index contributed by atoms with van der Waals surface area (Å²) in [5.74, 6) is 0.241. The lowest BCUT2D eigenvalue weighted by molar-refractivity contribution is 0.0727. The van der Waals surface area contributed by atoms with Gasteiger partial charge >= 0.3 is 0 Å². The topological polar surface area (TPSA) is 88.5 Å². The van der Waals surface area contributed by atoms with E-state index < -0.39 is 15.9 Å². The summed E-state index contributed by atoms with van der Waals surface area (Å²) in [4.78, 5) is 4.05. The molecule has 1 unspecified atom stereocenters. The van der Waals surface area contributed by atoms with Crippen LogP contribution in [0.1, 0.15) is 0 Å². The van der Waals surface area contributed by atoms with Gasteiger partial charge in [0.2, 0.25) is 0 Å². The van der Waals surface area contributed by atoms with Gasteiger partial charge in [-0.2, -0.15) is 0 Å². The molecule has 1 atom stereocenters. The summed E-state index contributed by atoms with van der Waals surface area (Å²) in [6.07, 6.45) is 1.88. The Morgan fingerprint density at radius 1 is 1.59 bits per heavy atom. The zero-order chi connectivity index (χ0) is 12.9. The van der Waals surface area contributed by atoms with Gasteiger partial charge in [-0.3, -0.25) is 0 Å². The van der Waals surface area contributed by atoms with Crippen LogP contribution in [0.5, 0.6) is 0 Å². The van der Waals surface area contributed by atoms with Crippen LogP contribution < -0.4 is 5.32 Å². The first-order chi connectivity index (χ1) is 7.95. The molecule has 1 aromatic rings. The molecular formula is C10H16N2O4S. The van der Waals surface area contributed by atoms with Crippen LogP contribution in [-0.2, 0) is 14.6 Å². The van der Waals surface area contributed by atoms with Crippen LogP contribution in [0.25, 0.3) is 0 Å². The van der Waals surface area contributed by atoms with Gasteiger partial charge in [0, 0.05) is 26.1 Å². The monoisotopic (exact) mass is 260 g/mol. The molecule has 0 aliphatic carbocycles. The standard InChI is InChI=1S/C10H16N2O4S/c1-16-7-8(13)6-12-10-9(17(2,14)15)4-3-5-11-10/h3-5,8,13H,6-7H2,1-2H3,(H,11,12). The number of ether oxygens (including phenoxy) is 1. The minimum Gasteiger partial charge on any atom is -0.389 e. The molecule has 1 heterocycles. The van der Waals surface area contributed by atoms with E-state index in [0.717, 1.165) is 6.26 Å². The Labute approximate surface area is 101 Å². The minimum atomic E-state index is -3.33. The summed E-state index contributed by atoms with van der Waals surface area (Å²) in [6, 6.07) is 3.01. The van der Waals surface area contributed by atoms with Crippen molar-refractivity contribution in [2.75, 3.05) is 31.8 Å². The molecule has 0 saturated heterocycles. The fraction of sp³-hybridized carbons (Fsp3) is 0.500. The Bertz CT molecular complexity index is 461. The van der Waals surface area contributed by atoms with Gasteiger partial charge in [-0.15, -0.1) is 0 Å². The van der Waals surface area contributed by atoms with E-state index >= 15 is 0 Å². The normalized spacial score (nSPS) is 13.4. The van der Waals surface area contributed by atoms with Crippen LogP contribution in [0, 0.1) is 0 Å². The quantitative estimate of drug-likeness (QED) is 0.743. The Kier molecular flexibility index (Phi) is 4.86. The van der Waals surface area contributed by atoms with E-state index in [9.17, 15) is 13.5 Å². The number of hydrogen-bond donors (Lipinski definition) is 2. The van der Waals surface area contributed by atoms with Gasteiger partial charge in [-0.05, 0) is 12.1 Å². The Morgan fingerprint density at radius 2 is 2.29 bits per heavy atom. The first-order valence-electron chi connectivity index (χ1n) is 5.01. The van der Waals surface area contributed by atoms with Crippen LogP contribution in [-0.4, -0.2) is 51.1 Å². The van der Waals surface area contributed by atoms with Crippen LogP contribution in [0.4, 0.5) is 5.82 Å². The Hall–Kier alpha value is -1.18. The Balaban J connectivity index is 2.78. The largest absolute Gasteiger partial charge is 0.389 e. The first-order valence-corrected chi connectivity index (χ1v) is 6.90. The molecule has 2 N–H and O–H groups in total. The number of aliphatic hydroxyl groups excluding tert-OH is 1. The molecule has 0 radical (unpaired) electrons. The number of sulfone groups is 1. The van der Waals surface area contributed by atoms with Crippen LogP contribution in [0.15, 0.2) is 23.2 Å². The average Bonchev–Trinajstić information content (AvgIpc) is 2.26. The van der Waals surface area contributed by atoms with Crippen molar-refractivity contribution in [3.63, 3.8) is 0 Å². The highest BCUT2D eigenvalue weighted by atomic mass is 32.2. The summed E-state index contributed by atoms with van der Waals surface area (Å²) < 4.78 is 27.7. The summed E-state index contributed by atoms with van der Waals surface area (Å²) in [5.41, 5.74) is 0. The van der Waals surface area contributed by atoms with Crippen LogP contribution >= 0.6 is 0 Å². The maximum atomic E-state index is 11.5. The number of nitrogens with one attached hydrogen (secondary N) is 1. The summed E-state index contributed by atoms with van der Waals surface area (Å²) in [5, 5.41) is 12.2. The first kappa shape index (κ1) is 13.9. The summed E-state index contributed by atoms with van der Waals surface area (Å²) in [6.45, 7) is 0.349.